The number of rotatable bonds is 5. The molecule has 0 radical (unpaired) electrons. The molecular weight excluding hydrogens is 314 g/mol. The fourth-order valence-corrected chi connectivity index (χ4v) is 1.91. The summed E-state index contributed by atoms with van der Waals surface area (Å²) in [4.78, 5) is 23.4. The van der Waals surface area contributed by atoms with Gasteiger partial charge in [0.25, 0.3) is 5.91 Å². The summed E-state index contributed by atoms with van der Waals surface area (Å²) < 4.78 is 0. The van der Waals surface area contributed by atoms with Crippen molar-refractivity contribution in [3.05, 3.63) is 72.3 Å². The lowest BCUT2D eigenvalue weighted by atomic mass is 10.1. The molecule has 0 saturated heterocycles. The fourth-order valence-electron chi connectivity index (χ4n) is 1.91. The smallest absolute Gasteiger partial charge is 0.253 e. The molecule has 0 saturated carbocycles. The summed E-state index contributed by atoms with van der Waals surface area (Å²) in [5.41, 5.74) is 8.06. The van der Waals surface area contributed by atoms with E-state index >= 15 is 0 Å². The van der Waals surface area contributed by atoms with Gasteiger partial charge in [0.15, 0.2) is 0 Å². The fraction of sp³-hybridized carbons (Fsp3) is 0.0588. The lowest BCUT2D eigenvalue weighted by Gasteiger charge is -2.09. The third-order valence-corrected chi connectivity index (χ3v) is 3.05. The van der Waals surface area contributed by atoms with E-state index in [9.17, 15) is 9.59 Å². The van der Waals surface area contributed by atoms with Gasteiger partial charge in [0.05, 0.1) is 5.56 Å². The van der Waals surface area contributed by atoms with Crippen molar-refractivity contribution >= 4 is 35.6 Å². The summed E-state index contributed by atoms with van der Waals surface area (Å²) in [7, 11) is 0. The highest BCUT2D eigenvalue weighted by Crippen LogP contribution is 2.18. The van der Waals surface area contributed by atoms with Crippen LogP contribution in [0.5, 0.6) is 0 Å². The first-order chi connectivity index (χ1) is 10.6. The van der Waals surface area contributed by atoms with E-state index in [1.54, 1.807) is 18.2 Å². The zero-order valence-corrected chi connectivity index (χ0v) is 13.2. The second kappa shape index (κ2) is 8.60. The Balaban J connectivity index is 0.00000264. The molecule has 0 unspecified atom stereocenters. The average Bonchev–Trinajstić information content (AvgIpc) is 2.53. The summed E-state index contributed by atoms with van der Waals surface area (Å²) in [6.07, 6.45) is 1.16. The summed E-state index contributed by atoms with van der Waals surface area (Å²) in [6, 6.07) is 14.3. The first-order valence-corrected chi connectivity index (χ1v) is 6.75. The SMILES string of the molecule is C=CC(=O)Nc1ccc(C(=O)NCc2ccccc2)c(N)c1.Cl. The van der Waals surface area contributed by atoms with E-state index in [4.69, 9.17) is 5.73 Å². The van der Waals surface area contributed by atoms with Crippen LogP contribution in [0, 0.1) is 0 Å². The summed E-state index contributed by atoms with van der Waals surface area (Å²) in [6.45, 7) is 3.80. The van der Waals surface area contributed by atoms with Gasteiger partial charge in [0.2, 0.25) is 5.91 Å². The zero-order chi connectivity index (χ0) is 15.9. The number of carbonyl (C=O) groups excluding carboxylic acids is 2. The number of carbonyl (C=O) groups is 2. The van der Waals surface area contributed by atoms with Gasteiger partial charge in [0, 0.05) is 17.9 Å². The molecule has 0 bridgehead atoms. The van der Waals surface area contributed by atoms with E-state index in [1.807, 2.05) is 30.3 Å². The molecule has 0 aliphatic carbocycles. The third kappa shape index (κ3) is 5.16. The molecule has 0 heterocycles. The molecule has 6 heteroatoms. The number of halogens is 1. The lowest BCUT2D eigenvalue weighted by molar-refractivity contribution is -0.111. The van der Waals surface area contributed by atoms with Gasteiger partial charge in [-0.25, -0.2) is 0 Å². The third-order valence-electron chi connectivity index (χ3n) is 3.05. The van der Waals surface area contributed by atoms with Crippen molar-refractivity contribution in [3.8, 4) is 0 Å². The van der Waals surface area contributed by atoms with Gasteiger partial charge in [-0.15, -0.1) is 12.4 Å². The van der Waals surface area contributed by atoms with Gasteiger partial charge in [-0.1, -0.05) is 36.9 Å². The predicted octanol–water partition coefficient (Wildman–Crippen LogP) is 2.75. The molecule has 120 valence electrons. The topological polar surface area (TPSA) is 84.2 Å². The Morgan fingerprint density at radius 3 is 2.43 bits per heavy atom. The molecule has 0 atom stereocenters. The predicted molar refractivity (Wildman–Crippen MR) is 94.5 cm³/mol. The Morgan fingerprint density at radius 1 is 1.13 bits per heavy atom. The maximum atomic E-state index is 12.1. The first kappa shape index (κ1) is 18.3. The van der Waals surface area contributed by atoms with Crippen LogP contribution in [-0.2, 0) is 11.3 Å². The van der Waals surface area contributed by atoms with Gasteiger partial charge in [-0.05, 0) is 29.8 Å². The second-order valence-electron chi connectivity index (χ2n) is 4.66. The van der Waals surface area contributed by atoms with E-state index in [2.05, 4.69) is 17.2 Å². The molecule has 0 aromatic heterocycles. The second-order valence-corrected chi connectivity index (χ2v) is 4.66. The lowest BCUT2D eigenvalue weighted by Crippen LogP contribution is -2.23. The van der Waals surface area contributed by atoms with Crippen molar-refractivity contribution in [3.63, 3.8) is 0 Å². The highest BCUT2D eigenvalue weighted by atomic mass is 35.5. The normalized spacial score (nSPS) is 9.39. The minimum atomic E-state index is -0.333. The highest BCUT2D eigenvalue weighted by Gasteiger charge is 2.10. The Labute approximate surface area is 141 Å². The number of hydrogen-bond donors (Lipinski definition) is 3. The highest BCUT2D eigenvalue weighted by molar-refractivity contribution is 6.02. The van der Waals surface area contributed by atoms with Crippen LogP contribution < -0.4 is 16.4 Å². The largest absolute Gasteiger partial charge is 0.398 e. The Hall–Kier alpha value is -2.79. The molecule has 0 aliphatic rings. The summed E-state index contributed by atoms with van der Waals surface area (Å²) in [5, 5.41) is 5.39. The number of benzene rings is 2. The van der Waals surface area contributed by atoms with Gasteiger partial charge in [-0.2, -0.15) is 0 Å². The summed E-state index contributed by atoms with van der Waals surface area (Å²) >= 11 is 0. The standard InChI is InChI=1S/C17H17N3O2.ClH/c1-2-16(21)20-13-8-9-14(15(18)10-13)17(22)19-11-12-6-4-3-5-7-12;/h2-10H,1,11,18H2,(H,19,22)(H,20,21);1H. The quantitative estimate of drug-likeness (QED) is 0.582. The van der Waals surface area contributed by atoms with Crippen LogP contribution in [0.15, 0.2) is 61.2 Å². The van der Waals surface area contributed by atoms with Crippen LogP contribution in [-0.4, -0.2) is 11.8 Å². The number of nitrogens with two attached hydrogens (primary N) is 1. The van der Waals surface area contributed by atoms with E-state index in [-0.39, 0.29) is 24.2 Å². The van der Waals surface area contributed by atoms with Gasteiger partial charge >= 0.3 is 0 Å². The van der Waals surface area contributed by atoms with Crippen LogP contribution >= 0.6 is 12.4 Å². The zero-order valence-electron chi connectivity index (χ0n) is 12.4. The molecule has 0 spiro atoms. The molecule has 2 aromatic carbocycles. The molecule has 4 N–H and O–H groups in total. The van der Waals surface area contributed by atoms with Crippen LogP contribution in [0.4, 0.5) is 11.4 Å². The minimum Gasteiger partial charge on any atom is -0.398 e. The number of amides is 2. The molecule has 2 rings (SSSR count). The molecule has 0 fully saturated rings. The maximum absolute atomic E-state index is 12.1. The molecule has 23 heavy (non-hydrogen) atoms. The van der Waals surface area contributed by atoms with Crippen molar-refractivity contribution < 1.29 is 9.59 Å². The van der Waals surface area contributed by atoms with Gasteiger partial charge < -0.3 is 16.4 Å². The van der Waals surface area contributed by atoms with Crippen molar-refractivity contribution in [2.75, 3.05) is 11.1 Å². The van der Waals surface area contributed by atoms with Crippen molar-refractivity contribution in [1.29, 1.82) is 0 Å². The first-order valence-electron chi connectivity index (χ1n) is 6.75. The van der Waals surface area contributed by atoms with Gasteiger partial charge in [0.1, 0.15) is 0 Å². The van der Waals surface area contributed by atoms with E-state index < -0.39 is 0 Å². The molecular formula is C17H18ClN3O2. The van der Waals surface area contributed by atoms with Crippen LogP contribution in [0.1, 0.15) is 15.9 Å². The van der Waals surface area contributed by atoms with E-state index in [1.165, 1.54) is 0 Å². The Kier molecular flexibility index (Phi) is 6.83. The maximum Gasteiger partial charge on any atom is 0.253 e. The number of hydrogen-bond acceptors (Lipinski definition) is 3. The van der Waals surface area contributed by atoms with Crippen molar-refractivity contribution in [2.45, 2.75) is 6.54 Å². The monoisotopic (exact) mass is 331 g/mol. The Bertz CT molecular complexity index is 702. The van der Waals surface area contributed by atoms with Gasteiger partial charge in [-0.3, -0.25) is 9.59 Å². The van der Waals surface area contributed by atoms with E-state index in [0.717, 1.165) is 11.6 Å². The molecule has 2 aromatic rings. The average molecular weight is 332 g/mol. The summed E-state index contributed by atoms with van der Waals surface area (Å²) in [5.74, 6) is -0.594. The Morgan fingerprint density at radius 2 is 1.83 bits per heavy atom. The van der Waals surface area contributed by atoms with Crippen LogP contribution in [0.2, 0.25) is 0 Å². The van der Waals surface area contributed by atoms with Crippen LogP contribution in [0.25, 0.3) is 0 Å². The molecule has 5 nitrogen and oxygen atoms in total. The van der Waals surface area contributed by atoms with E-state index in [0.29, 0.717) is 23.5 Å². The van der Waals surface area contributed by atoms with Crippen molar-refractivity contribution in [1.82, 2.24) is 5.32 Å². The molecule has 0 aliphatic heterocycles. The van der Waals surface area contributed by atoms with Crippen LogP contribution in [0.3, 0.4) is 0 Å². The number of nitrogen functional groups attached to an aromatic ring is 1. The minimum absolute atomic E-state index is 0. The number of anilines is 2. The van der Waals surface area contributed by atoms with Crippen molar-refractivity contribution in [2.24, 2.45) is 0 Å². The number of nitrogens with one attached hydrogen (secondary N) is 2. The molecule has 2 amide bonds.